The van der Waals surface area contributed by atoms with E-state index in [1.54, 1.807) is 11.3 Å². The van der Waals surface area contributed by atoms with Crippen LogP contribution in [0.2, 0.25) is 0 Å². The molecule has 1 N–H and O–H groups in total. The molecule has 0 aliphatic heterocycles. The topological polar surface area (TPSA) is 55.4 Å². The van der Waals surface area contributed by atoms with Gasteiger partial charge in [-0.05, 0) is 41.6 Å². The molecule has 138 valence electrons. The van der Waals surface area contributed by atoms with Crippen molar-refractivity contribution in [3.8, 4) is 0 Å². The van der Waals surface area contributed by atoms with Gasteiger partial charge in [0.25, 0.3) is 5.91 Å². The first-order chi connectivity index (χ1) is 12.3. The minimum atomic E-state index is -4.45. The third-order valence-electron chi connectivity index (χ3n) is 3.25. The largest absolute Gasteiger partial charge is 0.452 e. The summed E-state index contributed by atoms with van der Waals surface area (Å²) in [5.41, 5.74) is -0.602. The van der Waals surface area contributed by atoms with Crippen molar-refractivity contribution in [2.45, 2.75) is 12.6 Å². The summed E-state index contributed by atoms with van der Waals surface area (Å²) in [5, 5.41) is 4.56. The van der Waals surface area contributed by atoms with Crippen LogP contribution < -0.4 is 5.32 Å². The van der Waals surface area contributed by atoms with Gasteiger partial charge >= 0.3 is 12.1 Å². The number of hydrogen-bond acceptors (Lipinski definition) is 4. The number of alkyl halides is 3. The van der Waals surface area contributed by atoms with E-state index in [4.69, 9.17) is 4.74 Å². The number of benzene rings is 1. The zero-order valence-electron chi connectivity index (χ0n) is 13.6. The lowest BCUT2D eigenvalue weighted by Gasteiger charge is -2.06. The summed E-state index contributed by atoms with van der Waals surface area (Å²) in [5.74, 6) is -1.25. The quantitative estimate of drug-likeness (QED) is 0.586. The average Bonchev–Trinajstić information content (AvgIpc) is 3.11. The number of carbonyl (C=O) groups excluding carboxylic acids is 2. The number of carbonyl (C=O) groups is 2. The SMILES string of the molecule is O=C(COC(=O)/C=C/c1cccc(C(F)(F)F)c1)NCCc1cccs1. The molecule has 2 rings (SSSR count). The molecule has 0 saturated carbocycles. The Bertz CT molecular complexity index is 770. The van der Waals surface area contributed by atoms with Gasteiger partial charge < -0.3 is 10.1 Å². The standard InChI is InChI=1S/C18H16F3NO3S/c19-18(20,21)14-4-1-3-13(11-14)6-7-17(24)25-12-16(23)22-9-8-15-5-2-10-26-15/h1-7,10-11H,8-9,12H2,(H,22,23)/b7-6+. The van der Waals surface area contributed by atoms with Gasteiger partial charge in [-0.2, -0.15) is 13.2 Å². The van der Waals surface area contributed by atoms with E-state index < -0.39 is 30.2 Å². The minimum Gasteiger partial charge on any atom is -0.452 e. The molecule has 1 heterocycles. The normalized spacial score (nSPS) is 11.5. The predicted octanol–water partition coefficient (Wildman–Crippen LogP) is 3.68. The molecule has 4 nitrogen and oxygen atoms in total. The molecule has 0 spiro atoms. The maximum atomic E-state index is 12.6. The Hall–Kier alpha value is -2.61. The van der Waals surface area contributed by atoms with E-state index in [9.17, 15) is 22.8 Å². The van der Waals surface area contributed by atoms with Gasteiger partial charge in [-0.3, -0.25) is 4.79 Å². The van der Waals surface area contributed by atoms with E-state index >= 15 is 0 Å². The van der Waals surface area contributed by atoms with E-state index in [2.05, 4.69) is 5.32 Å². The molecule has 0 saturated heterocycles. The summed E-state index contributed by atoms with van der Waals surface area (Å²) in [4.78, 5) is 24.3. The molecule has 1 aromatic heterocycles. The molecule has 1 aromatic carbocycles. The molecule has 0 atom stereocenters. The number of hydrogen-bond donors (Lipinski definition) is 1. The van der Waals surface area contributed by atoms with E-state index in [0.717, 1.165) is 23.1 Å². The highest BCUT2D eigenvalue weighted by Crippen LogP contribution is 2.29. The Kier molecular flexibility index (Phi) is 6.97. The van der Waals surface area contributed by atoms with Crippen LogP contribution in [0.3, 0.4) is 0 Å². The summed E-state index contributed by atoms with van der Waals surface area (Å²) in [6, 6.07) is 8.40. The molecule has 0 fully saturated rings. The van der Waals surface area contributed by atoms with Crippen molar-refractivity contribution in [2.75, 3.05) is 13.2 Å². The number of esters is 1. The Morgan fingerprint density at radius 3 is 2.69 bits per heavy atom. The molecule has 26 heavy (non-hydrogen) atoms. The summed E-state index contributed by atoms with van der Waals surface area (Å²) in [6.45, 7) is -0.0207. The first-order valence-electron chi connectivity index (χ1n) is 7.66. The van der Waals surface area contributed by atoms with Crippen LogP contribution in [0.1, 0.15) is 16.0 Å². The van der Waals surface area contributed by atoms with Crippen LogP contribution in [0.5, 0.6) is 0 Å². The van der Waals surface area contributed by atoms with Crippen LogP contribution in [-0.4, -0.2) is 25.0 Å². The number of nitrogens with one attached hydrogen (secondary N) is 1. The molecule has 0 unspecified atom stereocenters. The lowest BCUT2D eigenvalue weighted by molar-refractivity contribution is -0.143. The third kappa shape index (κ3) is 6.72. The average molecular weight is 383 g/mol. The summed E-state index contributed by atoms with van der Waals surface area (Å²) < 4.78 is 42.6. The lowest BCUT2D eigenvalue weighted by atomic mass is 10.1. The fourth-order valence-electron chi connectivity index (χ4n) is 2.00. The monoisotopic (exact) mass is 383 g/mol. The molecule has 8 heteroatoms. The first-order valence-corrected chi connectivity index (χ1v) is 8.54. The molecule has 0 aliphatic carbocycles. The smallest absolute Gasteiger partial charge is 0.416 e. The fraction of sp³-hybridized carbons (Fsp3) is 0.222. The molecule has 0 radical (unpaired) electrons. The second kappa shape index (κ2) is 9.19. The van der Waals surface area contributed by atoms with Crippen molar-refractivity contribution in [1.82, 2.24) is 5.32 Å². The van der Waals surface area contributed by atoms with Gasteiger partial charge in [0.2, 0.25) is 0 Å². The highest BCUT2D eigenvalue weighted by atomic mass is 32.1. The van der Waals surface area contributed by atoms with Gasteiger partial charge in [-0.15, -0.1) is 11.3 Å². The van der Waals surface area contributed by atoms with Gasteiger partial charge in [0, 0.05) is 17.5 Å². The van der Waals surface area contributed by atoms with Crippen molar-refractivity contribution in [3.63, 3.8) is 0 Å². The van der Waals surface area contributed by atoms with Gasteiger partial charge in [-0.25, -0.2) is 4.79 Å². The summed E-state index contributed by atoms with van der Waals surface area (Å²) in [6.07, 6.45) is -1.58. The maximum Gasteiger partial charge on any atom is 0.416 e. The van der Waals surface area contributed by atoms with E-state index in [0.29, 0.717) is 13.0 Å². The van der Waals surface area contributed by atoms with Crippen molar-refractivity contribution in [3.05, 3.63) is 63.9 Å². The maximum absolute atomic E-state index is 12.6. The van der Waals surface area contributed by atoms with Crippen molar-refractivity contribution < 1.29 is 27.5 Å². The number of rotatable bonds is 7. The molecule has 2 aromatic rings. The molecule has 1 amide bonds. The number of ether oxygens (including phenoxy) is 1. The Morgan fingerprint density at radius 2 is 2.00 bits per heavy atom. The molecule has 0 aliphatic rings. The second-order valence-electron chi connectivity index (χ2n) is 5.24. The zero-order valence-corrected chi connectivity index (χ0v) is 14.4. The second-order valence-corrected chi connectivity index (χ2v) is 6.28. The van der Waals surface area contributed by atoms with Gasteiger partial charge in [0.15, 0.2) is 6.61 Å². The number of halogens is 3. The Morgan fingerprint density at radius 1 is 1.19 bits per heavy atom. The third-order valence-corrected chi connectivity index (χ3v) is 4.18. The minimum absolute atomic E-state index is 0.206. The first kappa shape index (κ1) is 19.7. The van der Waals surface area contributed by atoms with E-state index in [1.165, 1.54) is 18.2 Å². The highest BCUT2D eigenvalue weighted by Gasteiger charge is 2.30. The van der Waals surface area contributed by atoms with Crippen LogP contribution >= 0.6 is 11.3 Å². The Labute approximate surface area is 152 Å². The highest BCUT2D eigenvalue weighted by molar-refractivity contribution is 7.09. The van der Waals surface area contributed by atoms with Crippen molar-refractivity contribution in [2.24, 2.45) is 0 Å². The van der Waals surface area contributed by atoms with Crippen LogP contribution in [0.15, 0.2) is 47.9 Å². The van der Waals surface area contributed by atoms with Gasteiger partial charge in [0.05, 0.1) is 5.56 Å². The molecular formula is C18H16F3NO3S. The van der Waals surface area contributed by atoms with E-state index in [1.807, 2.05) is 17.5 Å². The summed E-state index contributed by atoms with van der Waals surface area (Å²) in [7, 11) is 0. The van der Waals surface area contributed by atoms with Crippen molar-refractivity contribution >= 4 is 29.3 Å². The van der Waals surface area contributed by atoms with Crippen LogP contribution in [-0.2, 0) is 26.9 Å². The predicted molar refractivity (Wildman–Crippen MR) is 92.5 cm³/mol. The van der Waals surface area contributed by atoms with Gasteiger partial charge in [-0.1, -0.05) is 18.2 Å². The van der Waals surface area contributed by atoms with E-state index in [-0.39, 0.29) is 5.56 Å². The number of amides is 1. The van der Waals surface area contributed by atoms with Crippen LogP contribution in [0.25, 0.3) is 6.08 Å². The van der Waals surface area contributed by atoms with Gasteiger partial charge in [0.1, 0.15) is 0 Å². The zero-order chi connectivity index (χ0) is 19.0. The molecular weight excluding hydrogens is 367 g/mol. The molecule has 0 bridgehead atoms. The van der Waals surface area contributed by atoms with Crippen molar-refractivity contribution in [1.29, 1.82) is 0 Å². The summed E-state index contributed by atoms with van der Waals surface area (Å²) >= 11 is 1.58. The fourth-order valence-corrected chi connectivity index (χ4v) is 2.71. The van der Waals surface area contributed by atoms with Crippen LogP contribution in [0, 0.1) is 0 Å². The lowest BCUT2D eigenvalue weighted by Crippen LogP contribution is -2.30. The van der Waals surface area contributed by atoms with Crippen LogP contribution in [0.4, 0.5) is 13.2 Å². The Balaban J connectivity index is 1.74. The number of thiophene rings is 1.